The van der Waals surface area contributed by atoms with Gasteiger partial charge in [0.05, 0.1) is 43.8 Å². The number of hydrogen-bond acceptors (Lipinski definition) is 5. The first-order valence-corrected chi connectivity index (χ1v) is 7.64. The topological polar surface area (TPSA) is 51.5 Å². The van der Waals surface area contributed by atoms with E-state index >= 15 is 0 Å². The summed E-state index contributed by atoms with van der Waals surface area (Å²) >= 11 is 0. The van der Waals surface area contributed by atoms with Gasteiger partial charge in [-0.2, -0.15) is 5.10 Å². The quantitative estimate of drug-likeness (QED) is 0.821. The van der Waals surface area contributed by atoms with Crippen molar-refractivity contribution < 1.29 is 9.47 Å². The Hall–Kier alpha value is -1.11. The first-order valence-electron chi connectivity index (χ1n) is 7.64. The van der Waals surface area contributed by atoms with Crippen molar-refractivity contribution in [1.82, 2.24) is 20.0 Å². The van der Waals surface area contributed by atoms with E-state index in [0.29, 0.717) is 6.10 Å². The molecule has 0 spiro atoms. The van der Waals surface area contributed by atoms with E-state index in [-0.39, 0.29) is 12.1 Å². The summed E-state index contributed by atoms with van der Waals surface area (Å²) in [7, 11) is 7.80. The van der Waals surface area contributed by atoms with Gasteiger partial charge in [0, 0.05) is 6.54 Å². The summed E-state index contributed by atoms with van der Waals surface area (Å²) in [4.78, 5) is 2.15. The molecule has 0 aliphatic carbocycles. The van der Waals surface area contributed by atoms with Crippen LogP contribution in [0.25, 0.3) is 0 Å². The second kappa shape index (κ2) is 7.24. The highest BCUT2D eigenvalue weighted by Crippen LogP contribution is 2.34. The zero-order valence-corrected chi connectivity index (χ0v) is 13.8. The van der Waals surface area contributed by atoms with Crippen molar-refractivity contribution in [2.45, 2.75) is 44.6 Å². The van der Waals surface area contributed by atoms with Gasteiger partial charge in [0.1, 0.15) is 0 Å². The molecule has 21 heavy (non-hydrogen) atoms. The maximum Gasteiger partial charge on any atom is 0.161 e. The SMILES string of the molecule is CNC(c1c(OC)cnn1CCN(C)C)C1CCC(C)O1. The Kier molecular flexibility index (Phi) is 5.61. The maximum atomic E-state index is 6.05. The molecule has 3 unspecified atom stereocenters. The Balaban J connectivity index is 2.23. The van der Waals surface area contributed by atoms with Crippen molar-refractivity contribution in [2.24, 2.45) is 0 Å². The lowest BCUT2D eigenvalue weighted by Gasteiger charge is -2.25. The van der Waals surface area contributed by atoms with Crippen LogP contribution >= 0.6 is 0 Å². The van der Waals surface area contributed by atoms with Crippen molar-refractivity contribution in [3.05, 3.63) is 11.9 Å². The normalized spacial score (nSPS) is 23.7. The summed E-state index contributed by atoms with van der Waals surface area (Å²) in [6.45, 7) is 3.91. The summed E-state index contributed by atoms with van der Waals surface area (Å²) in [5.74, 6) is 0.830. The molecule has 0 amide bonds. The predicted octanol–water partition coefficient (Wildman–Crippen LogP) is 1.28. The Morgan fingerprint density at radius 2 is 2.29 bits per heavy atom. The van der Waals surface area contributed by atoms with Crippen LogP contribution in [0, 0.1) is 0 Å². The van der Waals surface area contributed by atoms with E-state index < -0.39 is 0 Å². The minimum absolute atomic E-state index is 0.106. The number of aromatic nitrogens is 2. The molecule has 2 heterocycles. The molecule has 1 aliphatic heterocycles. The standard InChI is InChI=1S/C15H28N4O2/c1-11-6-7-12(21-11)14(16-2)15-13(20-5)10-17-19(15)9-8-18(3)4/h10-12,14,16H,6-9H2,1-5H3. The smallest absolute Gasteiger partial charge is 0.161 e. The minimum atomic E-state index is 0.106. The molecular weight excluding hydrogens is 268 g/mol. The lowest BCUT2D eigenvalue weighted by atomic mass is 10.0. The Morgan fingerprint density at radius 1 is 1.52 bits per heavy atom. The lowest BCUT2D eigenvalue weighted by molar-refractivity contribution is 0.0307. The average Bonchev–Trinajstić information content (AvgIpc) is 3.05. The van der Waals surface area contributed by atoms with Gasteiger partial charge in [-0.3, -0.25) is 4.68 Å². The summed E-state index contributed by atoms with van der Waals surface area (Å²) in [6, 6.07) is 0.106. The van der Waals surface area contributed by atoms with Crippen molar-refractivity contribution in [3.8, 4) is 5.75 Å². The lowest BCUT2D eigenvalue weighted by Crippen LogP contribution is -2.33. The molecule has 0 aromatic carbocycles. The van der Waals surface area contributed by atoms with Crippen LogP contribution in [0.15, 0.2) is 6.20 Å². The van der Waals surface area contributed by atoms with Crippen LogP contribution in [0.5, 0.6) is 5.75 Å². The van der Waals surface area contributed by atoms with Crippen LogP contribution in [0.3, 0.4) is 0 Å². The van der Waals surface area contributed by atoms with Crippen LogP contribution in [0.1, 0.15) is 31.5 Å². The molecule has 6 heteroatoms. The van der Waals surface area contributed by atoms with Gasteiger partial charge in [0.25, 0.3) is 0 Å². The highest BCUT2D eigenvalue weighted by molar-refractivity contribution is 5.29. The molecule has 0 saturated carbocycles. The number of ether oxygens (including phenoxy) is 2. The Bertz CT molecular complexity index is 447. The molecule has 1 aliphatic rings. The molecule has 2 rings (SSSR count). The Morgan fingerprint density at radius 3 is 2.81 bits per heavy atom. The highest BCUT2D eigenvalue weighted by Gasteiger charge is 2.33. The summed E-state index contributed by atoms with van der Waals surface area (Å²) in [6.07, 6.45) is 4.48. The van der Waals surface area contributed by atoms with Crippen LogP contribution in [0.4, 0.5) is 0 Å². The first kappa shape index (κ1) is 16.3. The summed E-state index contributed by atoms with van der Waals surface area (Å²) in [5, 5.41) is 7.88. The van der Waals surface area contributed by atoms with Crippen LogP contribution in [0.2, 0.25) is 0 Å². The van der Waals surface area contributed by atoms with Gasteiger partial charge in [-0.1, -0.05) is 0 Å². The van der Waals surface area contributed by atoms with Gasteiger partial charge in [0.2, 0.25) is 0 Å². The summed E-state index contributed by atoms with van der Waals surface area (Å²) < 4.78 is 13.6. The van der Waals surface area contributed by atoms with Gasteiger partial charge in [-0.15, -0.1) is 0 Å². The zero-order valence-electron chi connectivity index (χ0n) is 13.8. The van der Waals surface area contributed by atoms with E-state index in [1.807, 2.05) is 11.7 Å². The van der Waals surface area contributed by atoms with E-state index in [4.69, 9.17) is 9.47 Å². The van der Waals surface area contributed by atoms with E-state index in [1.165, 1.54) is 0 Å². The van der Waals surface area contributed by atoms with E-state index in [1.54, 1.807) is 13.3 Å². The molecule has 0 bridgehead atoms. The largest absolute Gasteiger partial charge is 0.493 e. The Labute approximate surface area is 127 Å². The predicted molar refractivity (Wildman–Crippen MR) is 82.7 cm³/mol. The third-order valence-electron chi connectivity index (χ3n) is 4.07. The van der Waals surface area contributed by atoms with Gasteiger partial charge in [-0.05, 0) is 40.9 Å². The third-order valence-corrected chi connectivity index (χ3v) is 4.07. The molecule has 120 valence electrons. The average molecular weight is 296 g/mol. The molecule has 6 nitrogen and oxygen atoms in total. The van der Waals surface area contributed by atoms with Crippen molar-refractivity contribution in [2.75, 3.05) is 34.8 Å². The van der Waals surface area contributed by atoms with E-state index in [2.05, 4.69) is 36.3 Å². The number of nitrogens with zero attached hydrogens (tertiary/aromatic N) is 3. The molecule has 3 atom stereocenters. The fourth-order valence-electron chi connectivity index (χ4n) is 2.90. The number of likely N-dealkylation sites (N-methyl/N-ethyl adjacent to an activating group) is 2. The fraction of sp³-hybridized carbons (Fsp3) is 0.800. The van der Waals surface area contributed by atoms with Crippen LogP contribution in [-0.4, -0.2) is 61.7 Å². The van der Waals surface area contributed by atoms with Gasteiger partial charge in [0.15, 0.2) is 5.75 Å². The third kappa shape index (κ3) is 3.75. The maximum absolute atomic E-state index is 6.05. The minimum Gasteiger partial charge on any atom is -0.493 e. The van der Waals surface area contributed by atoms with Crippen LogP contribution < -0.4 is 10.1 Å². The van der Waals surface area contributed by atoms with Gasteiger partial charge >= 0.3 is 0 Å². The highest BCUT2D eigenvalue weighted by atomic mass is 16.5. The number of rotatable bonds is 7. The summed E-state index contributed by atoms with van der Waals surface area (Å²) in [5.41, 5.74) is 1.08. The van der Waals surface area contributed by atoms with Crippen molar-refractivity contribution in [1.29, 1.82) is 0 Å². The molecule has 1 N–H and O–H groups in total. The monoisotopic (exact) mass is 296 g/mol. The van der Waals surface area contributed by atoms with Crippen LogP contribution in [-0.2, 0) is 11.3 Å². The molecular formula is C15H28N4O2. The van der Waals surface area contributed by atoms with Crippen molar-refractivity contribution >= 4 is 0 Å². The second-order valence-corrected chi connectivity index (χ2v) is 5.95. The molecule has 1 fully saturated rings. The van der Waals surface area contributed by atoms with E-state index in [0.717, 1.165) is 37.4 Å². The zero-order chi connectivity index (χ0) is 15.4. The van der Waals surface area contributed by atoms with E-state index in [9.17, 15) is 0 Å². The second-order valence-electron chi connectivity index (χ2n) is 5.95. The fourth-order valence-corrected chi connectivity index (χ4v) is 2.90. The molecule has 1 aromatic heterocycles. The van der Waals surface area contributed by atoms with Gasteiger partial charge < -0.3 is 19.7 Å². The molecule has 0 radical (unpaired) electrons. The molecule has 1 aromatic rings. The molecule has 1 saturated heterocycles. The number of nitrogens with one attached hydrogen (secondary N) is 1. The van der Waals surface area contributed by atoms with Crippen molar-refractivity contribution in [3.63, 3.8) is 0 Å². The van der Waals surface area contributed by atoms with Gasteiger partial charge in [-0.25, -0.2) is 0 Å². The number of hydrogen-bond donors (Lipinski definition) is 1. The number of methoxy groups -OCH3 is 1. The first-order chi connectivity index (χ1) is 10.1.